The second kappa shape index (κ2) is 6.33. The lowest BCUT2D eigenvalue weighted by Crippen LogP contribution is -2.30. The van der Waals surface area contributed by atoms with E-state index >= 15 is 0 Å². The van der Waals surface area contributed by atoms with Crippen LogP contribution in [0.4, 0.5) is 8.78 Å². The third kappa shape index (κ3) is 3.86. The van der Waals surface area contributed by atoms with Crippen molar-refractivity contribution in [2.75, 3.05) is 0 Å². The zero-order chi connectivity index (χ0) is 15.5. The first kappa shape index (κ1) is 15.6. The number of rotatable bonds is 5. The normalized spacial score (nSPS) is 17.4. The first-order chi connectivity index (χ1) is 9.92. The summed E-state index contributed by atoms with van der Waals surface area (Å²) < 4.78 is 26.1. The third-order valence-corrected chi connectivity index (χ3v) is 4.22. The summed E-state index contributed by atoms with van der Waals surface area (Å²) in [6, 6.07) is 3.06. The number of hydrogen-bond acceptors (Lipinski definition) is 2. The van der Waals surface area contributed by atoms with Gasteiger partial charge in [0.25, 0.3) is 0 Å². The van der Waals surface area contributed by atoms with Crippen LogP contribution in [0.25, 0.3) is 0 Å². The highest BCUT2D eigenvalue weighted by molar-refractivity contribution is 5.96. The predicted octanol–water partition coefficient (Wildman–Crippen LogP) is 3.96. The Hall–Kier alpha value is -1.78. The number of aliphatic carboxylic acids is 1. The third-order valence-electron chi connectivity index (χ3n) is 4.22. The van der Waals surface area contributed by atoms with Crippen molar-refractivity contribution in [2.45, 2.75) is 44.9 Å². The van der Waals surface area contributed by atoms with Crippen LogP contribution in [-0.2, 0) is 4.79 Å². The lowest BCUT2D eigenvalue weighted by atomic mass is 9.68. The highest BCUT2D eigenvalue weighted by atomic mass is 19.2. The maximum Gasteiger partial charge on any atom is 0.303 e. The highest BCUT2D eigenvalue weighted by Gasteiger charge is 2.36. The molecule has 1 aliphatic rings. The molecule has 0 aromatic heterocycles. The Morgan fingerprint density at radius 2 is 1.71 bits per heavy atom. The van der Waals surface area contributed by atoms with Crippen LogP contribution in [-0.4, -0.2) is 16.9 Å². The molecule has 1 saturated carbocycles. The van der Waals surface area contributed by atoms with E-state index in [2.05, 4.69) is 0 Å². The quantitative estimate of drug-likeness (QED) is 0.837. The van der Waals surface area contributed by atoms with Crippen molar-refractivity contribution in [1.29, 1.82) is 0 Å². The summed E-state index contributed by atoms with van der Waals surface area (Å²) in [5, 5.41) is 9.07. The molecule has 2 rings (SSSR count). The molecule has 0 amide bonds. The Balaban J connectivity index is 2.17. The van der Waals surface area contributed by atoms with E-state index in [1.165, 1.54) is 6.07 Å². The van der Waals surface area contributed by atoms with Gasteiger partial charge in [-0.3, -0.25) is 9.59 Å². The summed E-state index contributed by atoms with van der Waals surface area (Å²) in [4.78, 5) is 23.3. The van der Waals surface area contributed by atoms with Gasteiger partial charge in [-0.15, -0.1) is 0 Å². The lowest BCUT2D eigenvalue weighted by molar-refractivity contribution is -0.140. The van der Waals surface area contributed by atoms with Crippen molar-refractivity contribution in [3.63, 3.8) is 0 Å². The molecule has 0 heterocycles. The maximum atomic E-state index is 13.2. The topological polar surface area (TPSA) is 54.4 Å². The largest absolute Gasteiger partial charge is 0.481 e. The molecule has 1 aromatic carbocycles. The van der Waals surface area contributed by atoms with Crippen molar-refractivity contribution >= 4 is 11.8 Å². The zero-order valence-electron chi connectivity index (χ0n) is 11.7. The second-order valence-electron chi connectivity index (χ2n) is 5.86. The molecule has 5 heteroatoms. The van der Waals surface area contributed by atoms with Crippen LogP contribution < -0.4 is 0 Å². The van der Waals surface area contributed by atoms with Gasteiger partial charge in [-0.25, -0.2) is 8.78 Å². The molecule has 0 saturated heterocycles. The number of carboxylic acid groups (broad SMARTS) is 1. The van der Waals surface area contributed by atoms with E-state index in [9.17, 15) is 18.4 Å². The van der Waals surface area contributed by atoms with Crippen LogP contribution in [0, 0.1) is 17.0 Å². The van der Waals surface area contributed by atoms with Gasteiger partial charge in [0.2, 0.25) is 0 Å². The number of carbonyl (C=O) groups is 2. The van der Waals surface area contributed by atoms with Crippen LogP contribution >= 0.6 is 0 Å². The van der Waals surface area contributed by atoms with Crippen molar-refractivity contribution in [3.8, 4) is 0 Å². The fourth-order valence-electron chi connectivity index (χ4n) is 3.15. The monoisotopic (exact) mass is 296 g/mol. The first-order valence-corrected chi connectivity index (χ1v) is 7.12. The summed E-state index contributed by atoms with van der Waals surface area (Å²) in [5.74, 6) is -3.30. The van der Waals surface area contributed by atoms with E-state index in [0.717, 1.165) is 31.4 Å². The molecule has 0 atom stereocenters. The minimum absolute atomic E-state index is 0.0532. The zero-order valence-corrected chi connectivity index (χ0v) is 11.7. The summed E-state index contributed by atoms with van der Waals surface area (Å²) in [7, 11) is 0. The second-order valence-corrected chi connectivity index (χ2v) is 5.86. The molecule has 3 nitrogen and oxygen atoms in total. The highest BCUT2D eigenvalue weighted by Crippen LogP contribution is 2.43. The van der Waals surface area contributed by atoms with Gasteiger partial charge < -0.3 is 5.11 Å². The summed E-state index contributed by atoms with van der Waals surface area (Å²) in [5.41, 5.74) is -0.448. The van der Waals surface area contributed by atoms with Crippen LogP contribution in [0.5, 0.6) is 0 Å². The number of carbonyl (C=O) groups excluding carboxylic acids is 1. The predicted molar refractivity (Wildman–Crippen MR) is 73.1 cm³/mol. The van der Waals surface area contributed by atoms with Crippen molar-refractivity contribution < 1.29 is 23.5 Å². The van der Waals surface area contributed by atoms with Crippen molar-refractivity contribution in [2.24, 2.45) is 5.41 Å². The number of halogens is 2. The molecule has 1 fully saturated rings. The number of carboxylic acids is 1. The average Bonchev–Trinajstić information content (AvgIpc) is 2.41. The van der Waals surface area contributed by atoms with Gasteiger partial charge >= 0.3 is 5.97 Å². The van der Waals surface area contributed by atoms with Gasteiger partial charge in [0, 0.05) is 12.0 Å². The SMILES string of the molecule is O=C(O)CC1(CC(=O)c2ccc(F)c(F)c2)CCCCC1. The molecular formula is C16H18F2O3. The number of benzene rings is 1. The van der Waals surface area contributed by atoms with Gasteiger partial charge in [0.05, 0.1) is 6.42 Å². The Bertz CT molecular complexity index is 548. The molecule has 1 aromatic rings. The smallest absolute Gasteiger partial charge is 0.303 e. The van der Waals surface area contributed by atoms with Crippen molar-refractivity contribution in [1.82, 2.24) is 0 Å². The Morgan fingerprint density at radius 1 is 1.05 bits per heavy atom. The van der Waals surface area contributed by atoms with Crippen LogP contribution in [0.15, 0.2) is 18.2 Å². The summed E-state index contributed by atoms with van der Waals surface area (Å²) in [6.07, 6.45) is 4.24. The molecule has 1 aliphatic carbocycles. The summed E-state index contributed by atoms with van der Waals surface area (Å²) in [6.45, 7) is 0. The van der Waals surface area contributed by atoms with Crippen LogP contribution in [0.1, 0.15) is 55.3 Å². The van der Waals surface area contributed by atoms with Gasteiger partial charge in [-0.1, -0.05) is 19.3 Å². The van der Waals surface area contributed by atoms with Crippen LogP contribution in [0.3, 0.4) is 0 Å². The first-order valence-electron chi connectivity index (χ1n) is 7.12. The van der Waals surface area contributed by atoms with Crippen LogP contribution in [0.2, 0.25) is 0 Å². The van der Waals surface area contributed by atoms with Gasteiger partial charge in [-0.2, -0.15) is 0 Å². The molecule has 0 radical (unpaired) electrons. The number of Topliss-reactive ketones (excluding diaryl/α,β-unsaturated/α-hetero) is 1. The fraction of sp³-hybridized carbons (Fsp3) is 0.500. The van der Waals surface area contributed by atoms with E-state index in [1.807, 2.05) is 0 Å². The molecule has 21 heavy (non-hydrogen) atoms. The molecule has 0 unspecified atom stereocenters. The van der Waals surface area contributed by atoms with Gasteiger partial charge in [0.1, 0.15) is 0 Å². The molecular weight excluding hydrogens is 278 g/mol. The van der Waals surface area contributed by atoms with E-state index < -0.39 is 23.0 Å². The van der Waals surface area contributed by atoms with Gasteiger partial charge in [-0.05, 0) is 36.5 Å². The minimum atomic E-state index is -1.06. The molecule has 0 aliphatic heterocycles. The van der Waals surface area contributed by atoms with Crippen molar-refractivity contribution in [3.05, 3.63) is 35.4 Å². The van der Waals surface area contributed by atoms with E-state index in [1.54, 1.807) is 0 Å². The fourth-order valence-corrected chi connectivity index (χ4v) is 3.15. The Labute approximate surface area is 122 Å². The molecule has 114 valence electrons. The maximum absolute atomic E-state index is 13.2. The van der Waals surface area contributed by atoms with E-state index in [-0.39, 0.29) is 24.2 Å². The number of ketones is 1. The van der Waals surface area contributed by atoms with Gasteiger partial charge in [0.15, 0.2) is 17.4 Å². The summed E-state index contributed by atoms with van der Waals surface area (Å²) >= 11 is 0. The number of hydrogen-bond donors (Lipinski definition) is 1. The Kier molecular flexibility index (Phi) is 4.70. The minimum Gasteiger partial charge on any atom is -0.481 e. The molecule has 0 bridgehead atoms. The molecule has 1 N–H and O–H groups in total. The average molecular weight is 296 g/mol. The lowest BCUT2D eigenvalue weighted by Gasteiger charge is -2.35. The van der Waals surface area contributed by atoms with E-state index in [4.69, 9.17) is 5.11 Å². The van der Waals surface area contributed by atoms with E-state index in [0.29, 0.717) is 12.8 Å². The Morgan fingerprint density at radius 3 is 2.29 bits per heavy atom. The molecule has 0 spiro atoms. The standard InChI is InChI=1S/C16H18F2O3/c17-12-5-4-11(8-13(12)18)14(19)9-16(10-15(20)21)6-2-1-3-7-16/h4-5,8H,1-3,6-7,9-10H2,(H,20,21).